The summed E-state index contributed by atoms with van der Waals surface area (Å²) >= 11 is 0. The molecule has 7 heteroatoms. The van der Waals surface area contributed by atoms with E-state index in [0.29, 0.717) is 35.4 Å². The van der Waals surface area contributed by atoms with Crippen LogP contribution in [0.1, 0.15) is 108 Å². The highest BCUT2D eigenvalue weighted by molar-refractivity contribution is 5.79. The molecule has 1 aromatic heterocycles. The summed E-state index contributed by atoms with van der Waals surface area (Å²) in [4.78, 5) is 14.6. The Balaban J connectivity index is 1.36. The SMILES string of the molecule is CCCCCCCCCCCCOCC(O)COc1ccc(-c2nc(C3=CCC=C(C)C=C3C)nc(-c3ccc(C)cc3C)n2)c(O)c1. The smallest absolute Gasteiger partial charge is 0.167 e. The van der Waals surface area contributed by atoms with Gasteiger partial charge < -0.3 is 19.7 Å². The molecule has 7 nitrogen and oxygen atoms in total. The van der Waals surface area contributed by atoms with Crippen molar-refractivity contribution in [2.24, 2.45) is 0 Å². The summed E-state index contributed by atoms with van der Waals surface area (Å²) in [5, 5.41) is 21.5. The molecule has 2 aromatic carbocycles. The van der Waals surface area contributed by atoms with Gasteiger partial charge >= 0.3 is 0 Å². The van der Waals surface area contributed by atoms with Crippen molar-refractivity contribution in [1.82, 2.24) is 15.0 Å². The zero-order chi connectivity index (χ0) is 34.3. The third-order valence-electron chi connectivity index (χ3n) is 8.73. The first-order valence-electron chi connectivity index (χ1n) is 17.9. The van der Waals surface area contributed by atoms with Crippen LogP contribution in [0.3, 0.4) is 0 Å². The van der Waals surface area contributed by atoms with Gasteiger partial charge in [-0.15, -0.1) is 0 Å². The molecule has 0 radical (unpaired) electrons. The predicted octanol–water partition coefficient (Wildman–Crippen LogP) is 9.88. The second-order valence-corrected chi connectivity index (χ2v) is 13.2. The van der Waals surface area contributed by atoms with Crippen LogP contribution in [0.2, 0.25) is 0 Å². The minimum absolute atomic E-state index is 0.0115. The van der Waals surface area contributed by atoms with E-state index in [0.717, 1.165) is 47.1 Å². The van der Waals surface area contributed by atoms with Crippen LogP contribution in [0.25, 0.3) is 28.3 Å². The highest BCUT2D eigenvalue weighted by Crippen LogP contribution is 2.34. The Morgan fingerprint density at radius 2 is 1.38 bits per heavy atom. The number of aryl methyl sites for hydroxylation is 2. The van der Waals surface area contributed by atoms with E-state index < -0.39 is 6.10 Å². The van der Waals surface area contributed by atoms with E-state index in [1.165, 1.54) is 63.0 Å². The third-order valence-corrected chi connectivity index (χ3v) is 8.73. The molecule has 258 valence electrons. The number of aliphatic hydroxyl groups is 1. The summed E-state index contributed by atoms with van der Waals surface area (Å²) in [5.74, 6) is 1.92. The van der Waals surface area contributed by atoms with E-state index in [1.807, 2.05) is 6.07 Å². The van der Waals surface area contributed by atoms with Crippen LogP contribution < -0.4 is 4.74 Å². The van der Waals surface area contributed by atoms with Gasteiger partial charge in [0.05, 0.1) is 12.2 Å². The first-order valence-corrected chi connectivity index (χ1v) is 17.9. The summed E-state index contributed by atoms with van der Waals surface area (Å²) < 4.78 is 11.5. The first kappa shape index (κ1) is 37.0. The molecule has 0 saturated heterocycles. The molecular formula is C41H55N3O4. The molecule has 1 aliphatic carbocycles. The number of rotatable bonds is 19. The van der Waals surface area contributed by atoms with E-state index in [1.54, 1.807) is 12.1 Å². The van der Waals surface area contributed by atoms with Gasteiger partial charge in [-0.2, -0.15) is 0 Å². The van der Waals surface area contributed by atoms with Crippen molar-refractivity contribution in [3.8, 4) is 34.3 Å². The maximum atomic E-state index is 11.1. The third kappa shape index (κ3) is 11.4. The van der Waals surface area contributed by atoms with Crippen LogP contribution >= 0.6 is 0 Å². The van der Waals surface area contributed by atoms with Gasteiger partial charge in [0.25, 0.3) is 0 Å². The van der Waals surface area contributed by atoms with Crippen LogP contribution in [0.15, 0.2) is 65.8 Å². The van der Waals surface area contributed by atoms with E-state index >= 15 is 0 Å². The maximum Gasteiger partial charge on any atom is 0.167 e. The molecule has 0 aliphatic heterocycles. The van der Waals surface area contributed by atoms with Crippen LogP contribution in [0.5, 0.6) is 11.5 Å². The minimum atomic E-state index is -0.761. The Bertz CT molecular complexity index is 1580. The number of aliphatic hydroxyl groups excluding tert-OH is 1. The van der Waals surface area contributed by atoms with Gasteiger partial charge in [0.15, 0.2) is 17.5 Å². The fraction of sp³-hybridized carbons (Fsp3) is 0.488. The number of hydrogen-bond acceptors (Lipinski definition) is 7. The fourth-order valence-electron chi connectivity index (χ4n) is 6.01. The second-order valence-electron chi connectivity index (χ2n) is 13.2. The summed E-state index contributed by atoms with van der Waals surface area (Å²) in [5.41, 5.74) is 6.84. The largest absolute Gasteiger partial charge is 0.507 e. The standard InChI is InChI=1S/C41H55N3O4/c1-6-7-8-9-10-11-12-13-14-15-23-47-27-33(45)28-48-34-20-22-37(38(46)26-34)41-43-39(35-18-16-17-29(2)24-31(35)4)42-40(44-41)36-21-19-30(3)25-32(36)5/h17-22,24-26,33,45-46H,6-16,23,27-28H2,1-5H3. The minimum Gasteiger partial charge on any atom is -0.507 e. The highest BCUT2D eigenvalue weighted by atomic mass is 16.5. The fourth-order valence-corrected chi connectivity index (χ4v) is 6.01. The van der Waals surface area contributed by atoms with Gasteiger partial charge in [0.1, 0.15) is 24.2 Å². The maximum absolute atomic E-state index is 11.1. The Hall–Kier alpha value is -3.81. The van der Waals surface area contributed by atoms with Crippen LogP contribution in [-0.4, -0.2) is 51.1 Å². The van der Waals surface area contributed by atoms with Crippen molar-refractivity contribution in [2.75, 3.05) is 19.8 Å². The molecule has 0 spiro atoms. The Morgan fingerprint density at radius 3 is 2.06 bits per heavy atom. The number of unbranched alkanes of at least 4 members (excludes halogenated alkanes) is 9. The van der Waals surface area contributed by atoms with Gasteiger partial charge in [-0.25, -0.2) is 15.0 Å². The molecule has 0 bridgehead atoms. The number of phenols is 1. The molecule has 0 amide bonds. The first-order chi connectivity index (χ1) is 23.2. The molecule has 3 aromatic rings. The van der Waals surface area contributed by atoms with Crippen molar-refractivity contribution in [3.05, 3.63) is 82.7 Å². The van der Waals surface area contributed by atoms with E-state index in [-0.39, 0.29) is 19.0 Å². The van der Waals surface area contributed by atoms with Gasteiger partial charge in [-0.1, -0.05) is 112 Å². The number of ether oxygens (including phenoxy) is 2. The van der Waals surface area contributed by atoms with Crippen LogP contribution in [0, 0.1) is 13.8 Å². The van der Waals surface area contributed by atoms with Crippen LogP contribution in [-0.2, 0) is 4.74 Å². The number of hydrogen-bond donors (Lipinski definition) is 2. The van der Waals surface area contributed by atoms with E-state index in [9.17, 15) is 10.2 Å². The molecule has 48 heavy (non-hydrogen) atoms. The lowest BCUT2D eigenvalue weighted by Gasteiger charge is -2.15. The molecule has 1 heterocycles. The predicted molar refractivity (Wildman–Crippen MR) is 196 cm³/mol. The van der Waals surface area contributed by atoms with E-state index in [4.69, 9.17) is 24.4 Å². The normalized spacial score (nSPS) is 13.8. The molecule has 0 saturated carbocycles. The quantitative estimate of drug-likeness (QED) is 0.124. The average Bonchev–Trinajstić information content (AvgIpc) is 3.23. The Labute approximate surface area is 287 Å². The average molecular weight is 654 g/mol. The lowest BCUT2D eigenvalue weighted by Crippen LogP contribution is -2.23. The Kier molecular flexibility index (Phi) is 14.8. The van der Waals surface area contributed by atoms with E-state index in [2.05, 4.69) is 65.0 Å². The number of aromatic hydroxyl groups is 1. The lowest BCUT2D eigenvalue weighted by atomic mass is 10.0. The van der Waals surface area contributed by atoms with Gasteiger partial charge in [-0.3, -0.25) is 0 Å². The number of benzene rings is 2. The number of aromatic nitrogens is 3. The summed E-state index contributed by atoms with van der Waals surface area (Å²) in [7, 11) is 0. The molecule has 4 rings (SSSR count). The molecular weight excluding hydrogens is 598 g/mol. The zero-order valence-electron chi connectivity index (χ0n) is 29.7. The summed E-state index contributed by atoms with van der Waals surface area (Å²) in [6.07, 6.45) is 19.2. The molecule has 0 fully saturated rings. The topological polar surface area (TPSA) is 97.6 Å². The van der Waals surface area contributed by atoms with Crippen molar-refractivity contribution in [3.63, 3.8) is 0 Å². The molecule has 1 atom stereocenters. The number of allylic oxidation sites excluding steroid dienone is 6. The van der Waals surface area contributed by atoms with Gasteiger partial charge in [0, 0.05) is 23.8 Å². The Morgan fingerprint density at radius 1 is 0.729 bits per heavy atom. The monoisotopic (exact) mass is 653 g/mol. The number of nitrogens with zero attached hydrogens (tertiary/aromatic N) is 3. The highest BCUT2D eigenvalue weighted by Gasteiger charge is 2.19. The number of phenolic OH excluding ortho intramolecular Hbond substituents is 1. The second kappa shape index (κ2) is 19.3. The van der Waals surface area contributed by atoms with Crippen molar-refractivity contribution in [1.29, 1.82) is 0 Å². The molecule has 1 aliphatic rings. The van der Waals surface area contributed by atoms with Gasteiger partial charge in [0.2, 0.25) is 0 Å². The van der Waals surface area contributed by atoms with Crippen molar-refractivity contribution in [2.45, 2.75) is 111 Å². The zero-order valence-corrected chi connectivity index (χ0v) is 29.7. The van der Waals surface area contributed by atoms with Crippen LogP contribution in [0.4, 0.5) is 0 Å². The molecule has 2 N–H and O–H groups in total. The van der Waals surface area contributed by atoms with Gasteiger partial charge in [-0.05, 0) is 63.8 Å². The summed E-state index contributed by atoms with van der Waals surface area (Å²) in [6, 6.07) is 11.2. The summed E-state index contributed by atoms with van der Waals surface area (Å²) in [6.45, 7) is 11.5. The van der Waals surface area contributed by atoms with Crippen molar-refractivity contribution < 1.29 is 19.7 Å². The lowest BCUT2D eigenvalue weighted by molar-refractivity contribution is 0.0109. The van der Waals surface area contributed by atoms with Crippen molar-refractivity contribution >= 4 is 5.57 Å². The molecule has 1 unspecified atom stereocenters.